The predicted octanol–water partition coefficient (Wildman–Crippen LogP) is 4.12. The van der Waals surface area contributed by atoms with Crippen molar-refractivity contribution < 1.29 is 14.6 Å². The van der Waals surface area contributed by atoms with Gasteiger partial charge >= 0.3 is 0 Å². The Hall–Kier alpha value is -3.01. The van der Waals surface area contributed by atoms with E-state index >= 15 is 0 Å². The van der Waals surface area contributed by atoms with E-state index in [9.17, 15) is 14.6 Å². The largest absolute Gasteiger partial charge is 0.398 e. The number of anilines is 2. The van der Waals surface area contributed by atoms with Crippen LogP contribution < -0.4 is 11.5 Å². The minimum absolute atomic E-state index is 0.289. The van der Waals surface area contributed by atoms with Gasteiger partial charge in [-0.2, -0.15) is 0 Å². The number of nitrogens with zero attached hydrogens (tertiary/aromatic N) is 3. The molecule has 6 N–H and O–H groups in total. The molecule has 0 unspecified atom stereocenters. The summed E-state index contributed by atoms with van der Waals surface area (Å²) in [5.74, 6) is -0.0994. The SMILES string of the molecule is C=C[C@]1(CCc2cc(F)c3cc(Br)c(N)nc3c2)C[C@@H](n2ccc3c(N)ccnc32)[C@H](O)[C@@H]1O. The molecule has 1 saturated carbocycles. The summed E-state index contributed by atoms with van der Waals surface area (Å²) < 4.78 is 17.2. The maximum absolute atomic E-state index is 14.8. The van der Waals surface area contributed by atoms with Crippen LogP contribution in [0, 0.1) is 11.2 Å². The van der Waals surface area contributed by atoms with Crippen LogP contribution in [0.2, 0.25) is 0 Å². The van der Waals surface area contributed by atoms with Gasteiger partial charge in [0.2, 0.25) is 0 Å². The van der Waals surface area contributed by atoms with Crippen LogP contribution in [0.3, 0.4) is 0 Å². The first-order chi connectivity index (χ1) is 16.2. The Labute approximate surface area is 204 Å². The van der Waals surface area contributed by atoms with Gasteiger partial charge in [0.05, 0.1) is 22.1 Å². The zero-order valence-corrected chi connectivity index (χ0v) is 19.9. The second-order valence-corrected chi connectivity index (χ2v) is 9.86. The third-order valence-corrected chi connectivity index (χ3v) is 7.75. The second kappa shape index (κ2) is 8.33. The Balaban J connectivity index is 1.44. The number of rotatable bonds is 5. The lowest BCUT2D eigenvalue weighted by atomic mass is 9.78. The number of nitrogens with two attached hydrogens (primary N) is 2. The third kappa shape index (κ3) is 3.55. The zero-order valence-electron chi connectivity index (χ0n) is 18.3. The summed E-state index contributed by atoms with van der Waals surface area (Å²) in [4.78, 5) is 8.71. The van der Waals surface area contributed by atoms with E-state index < -0.39 is 23.7 Å². The Morgan fingerprint density at radius 2 is 2.03 bits per heavy atom. The summed E-state index contributed by atoms with van der Waals surface area (Å²) in [6.45, 7) is 3.97. The highest BCUT2D eigenvalue weighted by atomic mass is 79.9. The highest BCUT2D eigenvalue weighted by Crippen LogP contribution is 2.49. The van der Waals surface area contributed by atoms with Crippen molar-refractivity contribution in [2.24, 2.45) is 5.41 Å². The van der Waals surface area contributed by atoms with Crippen LogP contribution >= 0.6 is 15.9 Å². The van der Waals surface area contributed by atoms with Gasteiger partial charge in [0, 0.05) is 34.3 Å². The van der Waals surface area contributed by atoms with E-state index in [2.05, 4.69) is 32.5 Å². The fourth-order valence-electron chi connectivity index (χ4n) is 5.15. The van der Waals surface area contributed by atoms with E-state index in [1.165, 1.54) is 6.07 Å². The molecule has 3 aromatic heterocycles. The van der Waals surface area contributed by atoms with Gasteiger partial charge in [0.15, 0.2) is 0 Å². The zero-order chi connectivity index (χ0) is 24.2. The van der Waals surface area contributed by atoms with E-state index in [0.29, 0.717) is 46.0 Å². The Morgan fingerprint density at radius 3 is 2.79 bits per heavy atom. The number of hydrogen-bond acceptors (Lipinski definition) is 6. The number of hydrogen-bond donors (Lipinski definition) is 4. The standard InChI is InChI=1S/C25H25BrFN5O2/c1-2-25(6-3-13-9-17(27)15-11-16(26)23(29)31-19(15)10-13)12-20(21(33)22(25)34)32-8-5-14-18(28)4-7-30-24(14)32/h2,4-5,7-11,20-22,33-34H,1,3,6,12H2,(H2,28,30)(H2,29,31)/t20-,21+,22+,25+/m1/s1. The maximum Gasteiger partial charge on any atom is 0.142 e. The smallest absolute Gasteiger partial charge is 0.142 e. The highest BCUT2D eigenvalue weighted by molar-refractivity contribution is 9.10. The lowest BCUT2D eigenvalue weighted by Gasteiger charge is -2.29. The van der Waals surface area contributed by atoms with E-state index in [1.54, 1.807) is 30.5 Å². The van der Waals surface area contributed by atoms with Crippen LogP contribution in [0.5, 0.6) is 0 Å². The molecule has 1 aliphatic rings. The average Bonchev–Trinajstić information content (AvgIpc) is 3.35. The molecule has 176 valence electrons. The van der Waals surface area contributed by atoms with Gasteiger partial charge in [0.1, 0.15) is 23.4 Å². The van der Waals surface area contributed by atoms with Crippen molar-refractivity contribution in [3.05, 3.63) is 71.2 Å². The second-order valence-electron chi connectivity index (χ2n) is 9.00. The summed E-state index contributed by atoms with van der Waals surface area (Å²) in [6, 6.07) is 8.08. The van der Waals surface area contributed by atoms with E-state index in [-0.39, 0.29) is 11.6 Å². The number of fused-ring (bicyclic) bond motifs is 2. The van der Waals surface area contributed by atoms with Gasteiger partial charge in [-0.15, -0.1) is 6.58 Å². The topological polar surface area (TPSA) is 123 Å². The van der Waals surface area contributed by atoms with Crippen LogP contribution in [-0.4, -0.2) is 37.0 Å². The van der Waals surface area contributed by atoms with Crippen LogP contribution in [0.1, 0.15) is 24.4 Å². The monoisotopic (exact) mass is 525 g/mol. The molecule has 5 rings (SSSR count). The third-order valence-electron chi connectivity index (χ3n) is 7.11. The number of aliphatic hydroxyl groups excluding tert-OH is 2. The summed E-state index contributed by atoms with van der Waals surface area (Å²) in [6.07, 6.45) is 4.49. The molecule has 34 heavy (non-hydrogen) atoms. The highest BCUT2D eigenvalue weighted by Gasteiger charge is 2.51. The molecule has 3 heterocycles. The van der Waals surface area contributed by atoms with Crippen molar-refractivity contribution in [1.29, 1.82) is 0 Å². The molecular formula is C25H25BrFN5O2. The number of aryl methyl sites for hydroxylation is 1. The molecule has 1 aromatic carbocycles. The van der Waals surface area contributed by atoms with Crippen molar-refractivity contribution in [2.75, 3.05) is 11.5 Å². The summed E-state index contributed by atoms with van der Waals surface area (Å²) >= 11 is 3.28. The van der Waals surface area contributed by atoms with Crippen molar-refractivity contribution in [1.82, 2.24) is 14.5 Å². The number of benzene rings is 1. The quantitative estimate of drug-likeness (QED) is 0.290. The van der Waals surface area contributed by atoms with Gasteiger partial charge in [-0.25, -0.2) is 14.4 Å². The number of pyridine rings is 2. The Bertz CT molecular complexity index is 1420. The number of aromatic nitrogens is 3. The number of aliphatic hydroxyl groups is 2. The minimum Gasteiger partial charge on any atom is -0.398 e. The Kier molecular flexibility index (Phi) is 5.58. The molecule has 4 aromatic rings. The van der Waals surface area contributed by atoms with Crippen molar-refractivity contribution in [3.63, 3.8) is 0 Å². The first kappa shape index (κ1) is 22.8. The maximum atomic E-state index is 14.8. The summed E-state index contributed by atoms with van der Waals surface area (Å²) in [5, 5.41) is 23.3. The van der Waals surface area contributed by atoms with Crippen LogP contribution in [-0.2, 0) is 6.42 Å². The molecule has 0 radical (unpaired) electrons. The fraction of sp³-hybridized carbons (Fsp3) is 0.280. The Morgan fingerprint density at radius 1 is 1.24 bits per heavy atom. The molecule has 9 heteroatoms. The number of halogens is 2. The van der Waals surface area contributed by atoms with Gasteiger partial charge in [-0.3, -0.25) is 0 Å². The molecule has 0 aliphatic heterocycles. The molecule has 0 spiro atoms. The van der Waals surface area contributed by atoms with E-state index in [1.807, 2.05) is 16.8 Å². The molecule has 0 bridgehead atoms. The predicted molar refractivity (Wildman–Crippen MR) is 135 cm³/mol. The summed E-state index contributed by atoms with van der Waals surface area (Å²) in [5.41, 5.74) is 13.6. The summed E-state index contributed by atoms with van der Waals surface area (Å²) in [7, 11) is 0. The minimum atomic E-state index is -1.04. The van der Waals surface area contributed by atoms with E-state index in [4.69, 9.17) is 11.5 Å². The molecular weight excluding hydrogens is 501 g/mol. The van der Waals surface area contributed by atoms with Gasteiger partial charge < -0.3 is 26.2 Å². The lowest BCUT2D eigenvalue weighted by Crippen LogP contribution is -2.35. The average molecular weight is 526 g/mol. The first-order valence-corrected chi connectivity index (χ1v) is 11.8. The van der Waals surface area contributed by atoms with Crippen LogP contribution in [0.15, 0.2) is 59.9 Å². The normalized spacial score (nSPS) is 24.8. The van der Waals surface area contributed by atoms with E-state index in [0.717, 1.165) is 10.9 Å². The molecule has 0 saturated heterocycles. The molecule has 7 nitrogen and oxygen atoms in total. The molecule has 1 fully saturated rings. The fourth-order valence-corrected chi connectivity index (χ4v) is 5.46. The van der Waals surface area contributed by atoms with Gasteiger partial charge in [-0.1, -0.05) is 6.08 Å². The van der Waals surface area contributed by atoms with Crippen molar-refractivity contribution >= 4 is 49.4 Å². The van der Waals surface area contributed by atoms with Gasteiger partial charge in [0.25, 0.3) is 0 Å². The van der Waals surface area contributed by atoms with Crippen LogP contribution in [0.4, 0.5) is 15.9 Å². The first-order valence-electron chi connectivity index (χ1n) is 11.0. The number of nitrogen functional groups attached to an aromatic ring is 2. The van der Waals surface area contributed by atoms with Crippen LogP contribution in [0.25, 0.3) is 21.9 Å². The lowest BCUT2D eigenvalue weighted by molar-refractivity contribution is -0.0143. The molecule has 4 atom stereocenters. The molecule has 1 aliphatic carbocycles. The molecule has 0 amide bonds. The van der Waals surface area contributed by atoms with Crippen molar-refractivity contribution in [2.45, 2.75) is 37.5 Å². The van der Waals surface area contributed by atoms with Crippen molar-refractivity contribution in [3.8, 4) is 0 Å². The van der Waals surface area contributed by atoms with Gasteiger partial charge in [-0.05, 0) is 71.1 Å².